The molecule has 1 saturated heterocycles. The van der Waals surface area contributed by atoms with Crippen molar-refractivity contribution in [1.29, 1.82) is 5.26 Å². The predicted molar refractivity (Wildman–Crippen MR) is 170 cm³/mol. The van der Waals surface area contributed by atoms with Crippen molar-refractivity contribution in [2.75, 3.05) is 46.4 Å². The van der Waals surface area contributed by atoms with E-state index < -0.39 is 12.1 Å². The first kappa shape index (κ1) is 33.9. The number of benzene rings is 2. The van der Waals surface area contributed by atoms with Crippen LogP contribution in [0.4, 0.5) is 4.79 Å². The fourth-order valence-corrected chi connectivity index (χ4v) is 5.61. The number of rotatable bonds is 13. The summed E-state index contributed by atoms with van der Waals surface area (Å²) in [6, 6.07) is 11.3. The van der Waals surface area contributed by atoms with Crippen LogP contribution in [0, 0.1) is 17.2 Å². The fourth-order valence-electron chi connectivity index (χ4n) is 5.49. The van der Waals surface area contributed by atoms with E-state index in [9.17, 15) is 20.0 Å². The zero-order valence-electron chi connectivity index (χ0n) is 25.9. The maximum absolute atomic E-state index is 14.5. The second-order valence-electron chi connectivity index (χ2n) is 11.1. The maximum Gasteiger partial charge on any atom is 0.325 e. The van der Waals surface area contributed by atoms with Crippen molar-refractivity contribution >= 4 is 29.1 Å². The molecule has 10 heteroatoms. The minimum Gasteiger partial charge on any atom is -0.508 e. The number of nitriles is 1. The van der Waals surface area contributed by atoms with Crippen molar-refractivity contribution in [3.8, 4) is 17.6 Å². The number of piperazine rings is 1. The zero-order valence-corrected chi connectivity index (χ0v) is 26.7. The molecule has 2 amide bonds. The number of aromatic hydroxyl groups is 1. The summed E-state index contributed by atoms with van der Waals surface area (Å²) in [6.07, 6.45) is 1.38. The molecule has 9 nitrogen and oxygen atoms in total. The van der Waals surface area contributed by atoms with Crippen LogP contribution in [-0.4, -0.2) is 78.0 Å². The maximum atomic E-state index is 14.5. The number of phenolic OH excluding ortho intramolecular Hbond substituents is 1. The largest absolute Gasteiger partial charge is 0.508 e. The second-order valence-corrected chi connectivity index (χ2v) is 11.5. The van der Waals surface area contributed by atoms with Gasteiger partial charge in [-0.1, -0.05) is 51.1 Å². The number of carbonyl (C=O) groups excluding carboxylic acids is 2. The van der Waals surface area contributed by atoms with E-state index in [1.165, 1.54) is 6.07 Å². The number of hydrogen-bond acceptors (Lipinski definition) is 7. The number of phenols is 1. The predicted octanol–water partition coefficient (Wildman–Crippen LogP) is 6.01. The Bertz CT molecular complexity index is 1320. The van der Waals surface area contributed by atoms with Gasteiger partial charge in [0, 0.05) is 48.7 Å². The molecule has 2 N–H and O–H groups in total. The van der Waals surface area contributed by atoms with E-state index in [0.29, 0.717) is 73.3 Å². The van der Waals surface area contributed by atoms with Gasteiger partial charge in [0.05, 0.1) is 31.0 Å². The molecule has 0 spiro atoms. The van der Waals surface area contributed by atoms with E-state index in [0.717, 1.165) is 12.0 Å². The Morgan fingerprint density at radius 1 is 1.16 bits per heavy atom. The van der Waals surface area contributed by atoms with Crippen LogP contribution in [-0.2, 0) is 4.79 Å². The molecule has 1 heterocycles. The van der Waals surface area contributed by atoms with E-state index >= 15 is 0 Å². The first-order valence-corrected chi connectivity index (χ1v) is 15.3. The third-order valence-corrected chi connectivity index (χ3v) is 7.91. The molecular formula is C33H44ClN5O4. The molecule has 1 aliphatic heterocycles. The van der Waals surface area contributed by atoms with Crippen LogP contribution < -0.4 is 10.1 Å². The van der Waals surface area contributed by atoms with Crippen molar-refractivity contribution in [2.24, 2.45) is 5.92 Å². The summed E-state index contributed by atoms with van der Waals surface area (Å²) in [5.41, 5.74) is 2.07. The topological polar surface area (TPSA) is 109 Å². The SMILES string of the molecule is C=C(c1cc(O)c(C(C#N)NC)cc1OCC)N(C(=O)N1CCN(CC(=O)CCC)CC1)[C@H](c1ccc(Cl)cc1)C(C)C. The Morgan fingerprint density at radius 2 is 1.81 bits per heavy atom. The molecule has 0 bridgehead atoms. The summed E-state index contributed by atoms with van der Waals surface area (Å²) in [5.74, 6) is 0.492. The molecule has 0 radical (unpaired) electrons. The quantitative estimate of drug-likeness (QED) is 0.286. The first-order chi connectivity index (χ1) is 20.6. The number of ether oxygens (including phenoxy) is 1. The van der Waals surface area contributed by atoms with Crippen molar-refractivity contribution < 1.29 is 19.4 Å². The number of nitrogens with zero attached hydrogens (tertiary/aromatic N) is 4. The number of halogens is 1. The lowest BCUT2D eigenvalue weighted by molar-refractivity contribution is -0.120. The van der Waals surface area contributed by atoms with E-state index in [1.54, 1.807) is 35.0 Å². The molecule has 1 aliphatic rings. The highest BCUT2D eigenvalue weighted by atomic mass is 35.5. The monoisotopic (exact) mass is 609 g/mol. The number of nitrogens with one attached hydrogen (secondary N) is 1. The number of hydrogen-bond donors (Lipinski definition) is 2. The van der Waals surface area contributed by atoms with Gasteiger partial charge in [-0.3, -0.25) is 14.6 Å². The van der Waals surface area contributed by atoms with Gasteiger partial charge in [-0.05, 0) is 56.1 Å². The summed E-state index contributed by atoms with van der Waals surface area (Å²) in [7, 11) is 1.64. The molecule has 1 unspecified atom stereocenters. The van der Waals surface area contributed by atoms with E-state index in [4.69, 9.17) is 16.3 Å². The standard InChI is InChI=1S/C33H44ClN5O4/c1-7-9-26(40)21-37-14-16-38(17-15-37)33(42)39(32(22(3)4)24-10-12-25(34)13-11-24)23(5)27-18-30(41)28(29(20-35)36-6)19-31(27)43-8-2/h10-13,18-19,22,29,32,36,41H,5,7-9,14-17,21H2,1-4,6H3/t29?,32-/m0/s1. The summed E-state index contributed by atoms with van der Waals surface area (Å²) in [6.45, 7) is 15.1. The molecule has 3 rings (SSSR count). The molecule has 2 atom stereocenters. The number of carbonyl (C=O) groups is 2. The van der Waals surface area contributed by atoms with Gasteiger partial charge in [0.25, 0.3) is 0 Å². The average molecular weight is 610 g/mol. The Morgan fingerprint density at radius 3 is 2.35 bits per heavy atom. The van der Waals surface area contributed by atoms with Gasteiger partial charge in [0.1, 0.15) is 23.3 Å². The summed E-state index contributed by atoms with van der Waals surface area (Å²) in [5, 5.41) is 24.1. The minimum atomic E-state index is -0.753. The molecule has 0 aromatic heterocycles. The molecule has 1 fully saturated rings. The third-order valence-electron chi connectivity index (χ3n) is 7.66. The molecule has 2 aromatic rings. The number of Topliss-reactive ketones (excluding diaryl/α,β-unsaturated/α-hetero) is 1. The molecule has 43 heavy (non-hydrogen) atoms. The lowest BCUT2D eigenvalue weighted by Gasteiger charge is -2.42. The fraction of sp³-hybridized carbons (Fsp3) is 0.485. The van der Waals surface area contributed by atoms with Crippen LogP contribution in [0.2, 0.25) is 5.02 Å². The van der Waals surface area contributed by atoms with E-state index in [2.05, 4.69) is 22.9 Å². The van der Waals surface area contributed by atoms with Crippen molar-refractivity contribution in [3.63, 3.8) is 0 Å². The summed E-state index contributed by atoms with van der Waals surface area (Å²) < 4.78 is 5.98. The number of amides is 2. The second kappa shape index (κ2) is 15.8. The molecule has 0 saturated carbocycles. The van der Waals surface area contributed by atoms with Crippen molar-refractivity contribution in [1.82, 2.24) is 20.0 Å². The summed E-state index contributed by atoms with van der Waals surface area (Å²) in [4.78, 5) is 32.3. The lowest BCUT2D eigenvalue weighted by atomic mass is 9.92. The van der Waals surface area contributed by atoms with Crippen molar-refractivity contribution in [2.45, 2.75) is 52.6 Å². The normalized spacial score (nSPS) is 15.1. The Balaban J connectivity index is 2.06. The van der Waals surface area contributed by atoms with Gasteiger partial charge in [-0.25, -0.2) is 4.79 Å². The molecule has 0 aliphatic carbocycles. The summed E-state index contributed by atoms with van der Waals surface area (Å²) >= 11 is 6.22. The number of ketones is 1. The van der Waals surface area contributed by atoms with Gasteiger partial charge in [0.2, 0.25) is 0 Å². The number of urea groups is 1. The van der Waals surface area contributed by atoms with Crippen molar-refractivity contribution in [3.05, 3.63) is 64.7 Å². The van der Waals surface area contributed by atoms with Gasteiger partial charge < -0.3 is 20.1 Å². The van der Waals surface area contributed by atoms with Crippen LogP contribution in [0.1, 0.15) is 69.3 Å². The van der Waals surface area contributed by atoms with Crippen LogP contribution in [0.3, 0.4) is 0 Å². The molecule has 2 aromatic carbocycles. The van der Waals surface area contributed by atoms with Gasteiger partial charge in [-0.15, -0.1) is 0 Å². The molecular weight excluding hydrogens is 566 g/mol. The van der Waals surface area contributed by atoms with Crippen LogP contribution in [0.25, 0.3) is 5.70 Å². The smallest absolute Gasteiger partial charge is 0.325 e. The minimum absolute atomic E-state index is 0.0227. The van der Waals surface area contributed by atoms with E-state index in [1.807, 2.05) is 39.8 Å². The van der Waals surface area contributed by atoms with Crippen LogP contribution >= 0.6 is 11.6 Å². The zero-order chi connectivity index (χ0) is 31.7. The van der Waals surface area contributed by atoms with Crippen LogP contribution in [0.15, 0.2) is 43.0 Å². The highest BCUT2D eigenvalue weighted by Gasteiger charge is 2.36. The Hall–Kier alpha value is -3.58. The van der Waals surface area contributed by atoms with Gasteiger partial charge in [-0.2, -0.15) is 5.26 Å². The highest BCUT2D eigenvalue weighted by molar-refractivity contribution is 6.30. The highest BCUT2D eigenvalue weighted by Crippen LogP contribution is 2.41. The van der Waals surface area contributed by atoms with E-state index in [-0.39, 0.29) is 23.5 Å². The Labute approximate surface area is 260 Å². The average Bonchev–Trinajstić information content (AvgIpc) is 2.98. The van der Waals surface area contributed by atoms with Gasteiger partial charge >= 0.3 is 6.03 Å². The third kappa shape index (κ3) is 8.29. The first-order valence-electron chi connectivity index (χ1n) is 14.9. The van der Waals surface area contributed by atoms with Crippen LogP contribution in [0.5, 0.6) is 11.5 Å². The molecule has 232 valence electrons. The lowest BCUT2D eigenvalue weighted by Crippen LogP contribution is -2.54. The van der Waals surface area contributed by atoms with Gasteiger partial charge in [0.15, 0.2) is 0 Å². The Kier molecular flexibility index (Phi) is 12.4.